The van der Waals surface area contributed by atoms with Gasteiger partial charge in [-0.15, -0.1) is 0 Å². The molecule has 0 atom stereocenters. The van der Waals surface area contributed by atoms with Gasteiger partial charge in [-0.1, -0.05) is 0 Å². The Bertz CT molecular complexity index is 784. The number of rotatable bonds is 5. The molecule has 0 aliphatic carbocycles. The van der Waals surface area contributed by atoms with Crippen LogP contribution in [0.25, 0.3) is 0 Å². The van der Waals surface area contributed by atoms with Gasteiger partial charge in [0.15, 0.2) is 0 Å². The van der Waals surface area contributed by atoms with Gasteiger partial charge in [-0.05, 0) is 0 Å². The topological polar surface area (TPSA) is 72.6 Å². The quantitative estimate of drug-likeness (QED) is 0.444. The molecule has 0 saturated carbocycles. The molecule has 1 aliphatic heterocycles. The molecule has 0 bridgehead atoms. The van der Waals surface area contributed by atoms with Crippen LogP contribution in [0.5, 0.6) is 5.75 Å². The Morgan fingerprint density at radius 1 is 1.00 bits per heavy atom. The van der Waals surface area contributed by atoms with Crippen molar-refractivity contribution in [3.8, 4) is 5.75 Å². The summed E-state index contributed by atoms with van der Waals surface area (Å²) in [6.45, 7) is 0.269. The average Bonchev–Trinajstić information content (AvgIpc) is 2.93. The molecule has 1 aliphatic rings. The number of hydrogen-bond donors (Lipinski definition) is 1. The molecular formula is C18H17IN2O3. The minimum atomic E-state index is -2.01. The second kappa shape index (κ2) is 7.14. The zero-order valence-corrected chi connectivity index (χ0v) is 15.3. The van der Waals surface area contributed by atoms with Crippen molar-refractivity contribution in [2.75, 3.05) is 7.11 Å². The molecule has 0 aromatic heterocycles. The third-order valence-electron chi connectivity index (χ3n) is 3.65. The average molecular weight is 436 g/mol. The van der Waals surface area contributed by atoms with Crippen LogP contribution in [0.2, 0.25) is 0 Å². The third kappa shape index (κ3) is 3.49. The first-order chi connectivity index (χ1) is 11.6. The molecule has 2 N–H and O–H groups in total. The number of hydrogen-bond acceptors (Lipinski definition) is 4. The van der Waals surface area contributed by atoms with E-state index in [-0.39, 0.29) is 18.4 Å². The maximum atomic E-state index is 11.7. The van der Waals surface area contributed by atoms with Gasteiger partial charge < -0.3 is 0 Å². The van der Waals surface area contributed by atoms with Gasteiger partial charge >= 0.3 is 148 Å². The maximum absolute atomic E-state index is 11.7. The molecule has 0 unspecified atom stereocenters. The summed E-state index contributed by atoms with van der Waals surface area (Å²) in [5, 5.41) is 0. The first-order valence-electron chi connectivity index (χ1n) is 7.29. The van der Waals surface area contributed by atoms with E-state index in [2.05, 4.69) is 0 Å². The van der Waals surface area contributed by atoms with Gasteiger partial charge in [-0.25, -0.2) is 0 Å². The molecule has 0 saturated heterocycles. The minimum absolute atomic E-state index is 0.269. The van der Waals surface area contributed by atoms with Crippen LogP contribution in [0.15, 0.2) is 60.7 Å². The van der Waals surface area contributed by atoms with Crippen LogP contribution in [-0.2, 0) is 16.1 Å². The summed E-state index contributed by atoms with van der Waals surface area (Å²) >= 11 is -2.01. The molecule has 0 spiro atoms. The monoisotopic (exact) mass is 436 g/mol. The van der Waals surface area contributed by atoms with Crippen molar-refractivity contribution in [3.63, 3.8) is 0 Å². The molecular weight excluding hydrogens is 419 g/mol. The van der Waals surface area contributed by atoms with E-state index in [1.165, 1.54) is 17.1 Å². The van der Waals surface area contributed by atoms with E-state index in [9.17, 15) is 9.59 Å². The number of imide groups is 1. The summed E-state index contributed by atoms with van der Waals surface area (Å²) in [6.07, 6.45) is 2.59. The Hall–Kier alpha value is -2.19. The molecule has 2 amide bonds. The van der Waals surface area contributed by atoms with Gasteiger partial charge in [0.05, 0.1) is 0 Å². The van der Waals surface area contributed by atoms with E-state index in [1.807, 2.05) is 48.5 Å². The Labute approximate surface area is 147 Å². The van der Waals surface area contributed by atoms with Crippen molar-refractivity contribution in [2.45, 2.75) is 6.54 Å². The SMILES string of the molecule is COc1ccc(I(N)c2cccc(CN3C(=O)C=CC3=O)c2)cc1. The van der Waals surface area contributed by atoms with Crippen LogP contribution in [0.1, 0.15) is 5.56 Å². The fourth-order valence-electron chi connectivity index (χ4n) is 2.36. The van der Waals surface area contributed by atoms with E-state index in [0.717, 1.165) is 18.5 Å². The summed E-state index contributed by atoms with van der Waals surface area (Å²) in [5.74, 6) is 0.252. The fraction of sp³-hybridized carbons (Fsp3) is 0.111. The van der Waals surface area contributed by atoms with Crippen LogP contribution in [0.4, 0.5) is 0 Å². The zero-order chi connectivity index (χ0) is 17.1. The Morgan fingerprint density at radius 2 is 1.67 bits per heavy atom. The summed E-state index contributed by atoms with van der Waals surface area (Å²) in [5.41, 5.74) is 0.902. The van der Waals surface area contributed by atoms with Crippen molar-refractivity contribution in [1.29, 1.82) is 0 Å². The van der Waals surface area contributed by atoms with Crippen molar-refractivity contribution in [2.24, 2.45) is 3.95 Å². The van der Waals surface area contributed by atoms with Gasteiger partial charge in [-0.2, -0.15) is 0 Å². The number of amides is 2. The van der Waals surface area contributed by atoms with Crippen molar-refractivity contribution in [1.82, 2.24) is 4.90 Å². The zero-order valence-electron chi connectivity index (χ0n) is 13.1. The summed E-state index contributed by atoms with van der Waals surface area (Å²) in [4.78, 5) is 24.6. The van der Waals surface area contributed by atoms with Crippen LogP contribution < -0.4 is 8.68 Å². The number of nitrogens with zero attached hydrogens (tertiary/aromatic N) is 1. The predicted molar refractivity (Wildman–Crippen MR) is 99.7 cm³/mol. The molecule has 1 heterocycles. The fourth-order valence-corrected chi connectivity index (χ4v) is 5.55. The van der Waals surface area contributed by atoms with Crippen LogP contribution in [0, 0.1) is 7.14 Å². The number of ether oxygens (including phenoxy) is 1. The molecule has 2 aromatic carbocycles. The number of halogens is 1. The molecule has 6 heteroatoms. The number of benzene rings is 2. The number of nitrogens with two attached hydrogens (primary N) is 1. The summed E-state index contributed by atoms with van der Waals surface area (Å²) < 4.78 is 13.9. The van der Waals surface area contributed by atoms with Crippen LogP contribution in [-0.4, -0.2) is 23.8 Å². The Balaban J connectivity index is 1.79. The van der Waals surface area contributed by atoms with E-state index >= 15 is 0 Å². The second-order valence-electron chi connectivity index (χ2n) is 5.20. The summed E-state index contributed by atoms with van der Waals surface area (Å²) in [6, 6.07) is 15.6. The number of methoxy groups -OCH3 is 1. The number of carbonyl (C=O) groups is 2. The first-order valence-corrected chi connectivity index (χ1v) is 10.7. The summed E-state index contributed by atoms with van der Waals surface area (Å²) in [7, 11) is 1.63. The van der Waals surface area contributed by atoms with Gasteiger partial charge in [0.2, 0.25) is 0 Å². The second-order valence-corrected chi connectivity index (χ2v) is 9.47. The van der Waals surface area contributed by atoms with E-state index < -0.39 is 20.1 Å². The first kappa shape index (κ1) is 16.7. The standard InChI is InChI=1S/C18H17IN2O3/c1-24-16-7-5-14(6-8-16)19(20)15-4-2-3-13(11-15)12-21-17(22)9-10-18(21)23/h2-11H,12,20H2,1H3. The Morgan fingerprint density at radius 3 is 2.29 bits per heavy atom. The van der Waals surface area contributed by atoms with Crippen molar-refractivity contribution >= 4 is 31.9 Å². The van der Waals surface area contributed by atoms with Crippen molar-refractivity contribution in [3.05, 3.63) is 73.4 Å². The molecule has 0 radical (unpaired) electrons. The van der Waals surface area contributed by atoms with Gasteiger partial charge in [0.1, 0.15) is 0 Å². The van der Waals surface area contributed by atoms with Crippen LogP contribution in [0.3, 0.4) is 0 Å². The van der Waals surface area contributed by atoms with Crippen LogP contribution >= 0.6 is 20.1 Å². The van der Waals surface area contributed by atoms with Gasteiger partial charge in [0, 0.05) is 0 Å². The Kier molecular flexibility index (Phi) is 4.96. The predicted octanol–water partition coefficient (Wildman–Crippen LogP) is 2.54. The van der Waals surface area contributed by atoms with Gasteiger partial charge in [-0.3, -0.25) is 0 Å². The molecule has 3 rings (SSSR count). The van der Waals surface area contributed by atoms with Gasteiger partial charge in [0.25, 0.3) is 0 Å². The third-order valence-corrected chi connectivity index (χ3v) is 7.72. The normalized spacial score (nSPS) is 14.2. The molecule has 5 nitrogen and oxygen atoms in total. The molecule has 24 heavy (non-hydrogen) atoms. The molecule has 124 valence electrons. The van der Waals surface area contributed by atoms with Crippen molar-refractivity contribution < 1.29 is 14.3 Å². The van der Waals surface area contributed by atoms with E-state index in [4.69, 9.17) is 8.68 Å². The number of carbonyl (C=O) groups excluding carboxylic acids is 2. The van der Waals surface area contributed by atoms with E-state index in [0.29, 0.717) is 0 Å². The molecule has 2 aromatic rings. The van der Waals surface area contributed by atoms with E-state index in [1.54, 1.807) is 7.11 Å². The molecule has 0 fully saturated rings.